The van der Waals surface area contributed by atoms with Crippen molar-refractivity contribution in [1.82, 2.24) is 0 Å². The molecule has 96 valence electrons. The third-order valence-corrected chi connectivity index (χ3v) is 3.28. The summed E-state index contributed by atoms with van der Waals surface area (Å²) < 4.78 is 5.43. The van der Waals surface area contributed by atoms with Gasteiger partial charge in [0.15, 0.2) is 6.61 Å². The van der Waals surface area contributed by atoms with E-state index in [9.17, 15) is 4.79 Å². The SMILES string of the molecule is O=C1COc2ccccc2N1CCc1ccccc1. The molecule has 1 heterocycles. The molecule has 0 aliphatic carbocycles. The van der Waals surface area contributed by atoms with Crippen LogP contribution in [0.5, 0.6) is 5.75 Å². The van der Waals surface area contributed by atoms with Crippen molar-refractivity contribution in [2.45, 2.75) is 6.42 Å². The minimum absolute atomic E-state index is 0.0228. The number of amides is 1. The number of hydrogen-bond donors (Lipinski definition) is 0. The molecule has 0 saturated carbocycles. The first-order chi connectivity index (χ1) is 9.34. The maximum Gasteiger partial charge on any atom is 0.265 e. The van der Waals surface area contributed by atoms with Crippen LogP contribution in [0.3, 0.4) is 0 Å². The third-order valence-electron chi connectivity index (χ3n) is 3.28. The van der Waals surface area contributed by atoms with E-state index >= 15 is 0 Å². The Morgan fingerprint density at radius 3 is 2.58 bits per heavy atom. The van der Waals surface area contributed by atoms with Gasteiger partial charge in [-0.05, 0) is 24.1 Å². The zero-order chi connectivity index (χ0) is 13.1. The summed E-state index contributed by atoms with van der Waals surface area (Å²) >= 11 is 0. The highest BCUT2D eigenvalue weighted by Gasteiger charge is 2.24. The Morgan fingerprint density at radius 2 is 1.74 bits per heavy atom. The van der Waals surface area contributed by atoms with Crippen LogP contribution in [-0.2, 0) is 11.2 Å². The minimum atomic E-state index is 0.0228. The van der Waals surface area contributed by atoms with Crippen molar-refractivity contribution in [3.63, 3.8) is 0 Å². The van der Waals surface area contributed by atoms with Crippen LogP contribution >= 0.6 is 0 Å². The normalized spacial score (nSPS) is 13.9. The molecular formula is C16H15NO2. The van der Waals surface area contributed by atoms with Crippen LogP contribution in [0, 0.1) is 0 Å². The highest BCUT2D eigenvalue weighted by Crippen LogP contribution is 2.31. The predicted molar refractivity (Wildman–Crippen MR) is 74.4 cm³/mol. The van der Waals surface area contributed by atoms with E-state index in [4.69, 9.17) is 4.74 Å². The summed E-state index contributed by atoms with van der Waals surface area (Å²) in [7, 11) is 0. The van der Waals surface area contributed by atoms with Crippen molar-refractivity contribution < 1.29 is 9.53 Å². The smallest absolute Gasteiger partial charge is 0.265 e. The first-order valence-corrected chi connectivity index (χ1v) is 6.41. The van der Waals surface area contributed by atoms with Crippen LogP contribution in [0.2, 0.25) is 0 Å². The maximum absolute atomic E-state index is 12.0. The molecule has 0 atom stereocenters. The van der Waals surface area contributed by atoms with Gasteiger partial charge in [0.1, 0.15) is 5.75 Å². The van der Waals surface area contributed by atoms with E-state index in [0.29, 0.717) is 6.54 Å². The molecule has 0 fully saturated rings. The van der Waals surface area contributed by atoms with E-state index < -0.39 is 0 Å². The largest absolute Gasteiger partial charge is 0.482 e. The van der Waals surface area contributed by atoms with Gasteiger partial charge in [-0.1, -0.05) is 42.5 Å². The van der Waals surface area contributed by atoms with Crippen LogP contribution < -0.4 is 9.64 Å². The molecule has 3 rings (SSSR count). The Balaban J connectivity index is 1.79. The van der Waals surface area contributed by atoms with Crippen LogP contribution in [0.4, 0.5) is 5.69 Å². The quantitative estimate of drug-likeness (QED) is 0.841. The average molecular weight is 253 g/mol. The van der Waals surface area contributed by atoms with Crippen molar-refractivity contribution in [1.29, 1.82) is 0 Å². The molecule has 3 nitrogen and oxygen atoms in total. The lowest BCUT2D eigenvalue weighted by atomic mass is 10.1. The Labute approximate surface area is 112 Å². The van der Waals surface area contributed by atoms with Gasteiger partial charge in [0.2, 0.25) is 0 Å². The predicted octanol–water partition coefficient (Wildman–Crippen LogP) is 2.65. The summed E-state index contributed by atoms with van der Waals surface area (Å²) in [6.45, 7) is 0.815. The van der Waals surface area contributed by atoms with Crippen LogP contribution in [0.25, 0.3) is 0 Å². The minimum Gasteiger partial charge on any atom is -0.482 e. The standard InChI is InChI=1S/C16H15NO2/c18-16-12-19-15-9-5-4-8-14(15)17(16)11-10-13-6-2-1-3-7-13/h1-9H,10-12H2. The average Bonchev–Trinajstić information content (AvgIpc) is 2.47. The number of fused-ring (bicyclic) bond motifs is 1. The van der Waals surface area contributed by atoms with Crippen LogP contribution in [0.1, 0.15) is 5.56 Å². The van der Waals surface area contributed by atoms with E-state index in [-0.39, 0.29) is 12.5 Å². The first-order valence-electron chi connectivity index (χ1n) is 6.41. The molecule has 19 heavy (non-hydrogen) atoms. The molecule has 0 unspecified atom stereocenters. The molecule has 3 heteroatoms. The molecule has 0 saturated heterocycles. The highest BCUT2D eigenvalue weighted by molar-refractivity contribution is 5.97. The Bertz CT molecular complexity index is 580. The molecule has 0 bridgehead atoms. The summed E-state index contributed by atoms with van der Waals surface area (Å²) in [5.74, 6) is 0.810. The number of carbonyl (C=O) groups is 1. The summed E-state index contributed by atoms with van der Waals surface area (Å²) in [6.07, 6.45) is 0.848. The Kier molecular flexibility index (Phi) is 3.19. The monoisotopic (exact) mass is 253 g/mol. The molecular weight excluding hydrogens is 238 g/mol. The number of benzene rings is 2. The second-order valence-electron chi connectivity index (χ2n) is 4.54. The van der Waals surface area contributed by atoms with Crippen LogP contribution in [0.15, 0.2) is 54.6 Å². The molecule has 0 spiro atoms. The lowest BCUT2D eigenvalue weighted by Gasteiger charge is -2.29. The number of rotatable bonds is 3. The molecule has 0 aromatic heterocycles. The Hall–Kier alpha value is -2.29. The summed E-state index contributed by atoms with van der Waals surface area (Å²) in [6, 6.07) is 17.9. The zero-order valence-corrected chi connectivity index (χ0v) is 10.6. The molecule has 2 aromatic rings. The van der Waals surface area contributed by atoms with Gasteiger partial charge in [-0.25, -0.2) is 0 Å². The fraction of sp³-hybridized carbons (Fsp3) is 0.188. The van der Waals surface area contributed by atoms with E-state index in [1.807, 2.05) is 47.4 Å². The second kappa shape index (κ2) is 5.14. The maximum atomic E-state index is 12.0. The van der Waals surface area contributed by atoms with Gasteiger partial charge in [-0.2, -0.15) is 0 Å². The lowest BCUT2D eigenvalue weighted by Crippen LogP contribution is -2.40. The number of anilines is 1. The fourth-order valence-corrected chi connectivity index (χ4v) is 2.28. The van der Waals surface area contributed by atoms with Gasteiger partial charge in [-0.15, -0.1) is 0 Å². The molecule has 1 aliphatic rings. The Morgan fingerprint density at radius 1 is 1.00 bits per heavy atom. The molecule has 2 aromatic carbocycles. The number of nitrogens with zero attached hydrogens (tertiary/aromatic N) is 1. The number of carbonyl (C=O) groups excluding carboxylic acids is 1. The topological polar surface area (TPSA) is 29.5 Å². The molecule has 1 aliphatic heterocycles. The van der Waals surface area contributed by atoms with Gasteiger partial charge in [-0.3, -0.25) is 4.79 Å². The number of ether oxygens (including phenoxy) is 1. The lowest BCUT2D eigenvalue weighted by molar-refractivity contribution is -0.121. The van der Waals surface area contributed by atoms with Gasteiger partial charge in [0.05, 0.1) is 5.69 Å². The van der Waals surface area contributed by atoms with E-state index in [1.54, 1.807) is 0 Å². The third kappa shape index (κ3) is 2.45. The van der Waals surface area contributed by atoms with E-state index in [1.165, 1.54) is 5.56 Å². The first kappa shape index (κ1) is 11.8. The molecule has 0 N–H and O–H groups in total. The van der Waals surface area contributed by atoms with Gasteiger partial charge >= 0.3 is 0 Å². The van der Waals surface area contributed by atoms with Crippen molar-refractivity contribution in [2.75, 3.05) is 18.1 Å². The number of para-hydroxylation sites is 2. The highest BCUT2D eigenvalue weighted by atomic mass is 16.5. The number of hydrogen-bond acceptors (Lipinski definition) is 2. The van der Waals surface area contributed by atoms with Gasteiger partial charge < -0.3 is 9.64 Å². The van der Waals surface area contributed by atoms with E-state index in [2.05, 4.69) is 12.1 Å². The van der Waals surface area contributed by atoms with Crippen LogP contribution in [-0.4, -0.2) is 19.1 Å². The van der Waals surface area contributed by atoms with Crippen molar-refractivity contribution in [3.8, 4) is 5.75 Å². The van der Waals surface area contributed by atoms with Crippen molar-refractivity contribution >= 4 is 11.6 Å². The van der Waals surface area contributed by atoms with Gasteiger partial charge in [0.25, 0.3) is 5.91 Å². The zero-order valence-electron chi connectivity index (χ0n) is 10.6. The van der Waals surface area contributed by atoms with Crippen molar-refractivity contribution in [3.05, 3.63) is 60.2 Å². The second-order valence-corrected chi connectivity index (χ2v) is 4.54. The summed E-state index contributed by atoms with van der Waals surface area (Å²) in [5.41, 5.74) is 2.11. The molecule has 1 amide bonds. The summed E-state index contributed by atoms with van der Waals surface area (Å²) in [5, 5.41) is 0. The van der Waals surface area contributed by atoms with E-state index in [0.717, 1.165) is 17.9 Å². The summed E-state index contributed by atoms with van der Waals surface area (Å²) in [4.78, 5) is 13.8. The van der Waals surface area contributed by atoms with Gasteiger partial charge in [0, 0.05) is 6.54 Å². The van der Waals surface area contributed by atoms with Crippen molar-refractivity contribution in [2.24, 2.45) is 0 Å². The molecule has 0 radical (unpaired) electrons. The fourth-order valence-electron chi connectivity index (χ4n) is 2.28.